The minimum atomic E-state index is -1.64. The average Bonchev–Trinajstić information content (AvgIpc) is 2.66. The summed E-state index contributed by atoms with van der Waals surface area (Å²) in [6.07, 6.45) is 0. The minimum Gasteiger partial charge on any atom is -0.481 e. The van der Waals surface area contributed by atoms with E-state index in [1.165, 1.54) is 0 Å². The highest BCUT2D eigenvalue weighted by molar-refractivity contribution is 7.85. The second-order valence-electron chi connectivity index (χ2n) is 3.89. The number of fused-ring (bicyclic) bond motifs is 1. The molecule has 2 aromatic rings. The van der Waals surface area contributed by atoms with E-state index in [0.29, 0.717) is 21.8 Å². The molecule has 2 N–H and O–H groups in total. The number of aliphatic carboxylic acids is 1. The van der Waals surface area contributed by atoms with Gasteiger partial charge in [0.05, 0.1) is 17.4 Å². The van der Waals surface area contributed by atoms with Crippen LogP contribution < -0.4 is 0 Å². The van der Waals surface area contributed by atoms with Gasteiger partial charge in [-0.05, 0) is 30.7 Å². The molecule has 0 aliphatic carbocycles. The topological polar surface area (TPSA) is 87.7 Å². The molecule has 6 heteroatoms. The summed E-state index contributed by atoms with van der Waals surface area (Å²) in [7, 11) is -1.64. The molecule has 0 saturated carbocycles. The molecular formula is C12H12O5S. The molecule has 0 fully saturated rings. The quantitative estimate of drug-likeness (QED) is 0.875. The maximum absolute atomic E-state index is 11.8. The molecule has 96 valence electrons. The van der Waals surface area contributed by atoms with Crippen LogP contribution in [0.2, 0.25) is 0 Å². The fraction of sp³-hybridized carbons (Fsp3) is 0.250. The Hall–Kier alpha value is -1.66. The molecule has 0 amide bonds. The van der Waals surface area contributed by atoms with E-state index in [-0.39, 0.29) is 6.61 Å². The predicted octanol–water partition coefficient (Wildman–Crippen LogP) is 1.43. The van der Waals surface area contributed by atoms with E-state index in [1.807, 2.05) is 0 Å². The van der Waals surface area contributed by atoms with E-state index >= 15 is 0 Å². The van der Waals surface area contributed by atoms with Crippen LogP contribution in [-0.4, -0.2) is 26.1 Å². The Morgan fingerprint density at radius 2 is 2.11 bits per heavy atom. The Labute approximate surface area is 105 Å². The van der Waals surface area contributed by atoms with Crippen LogP contribution in [0, 0.1) is 6.92 Å². The third-order valence-corrected chi connectivity index (χ3v) is 3.78. The van der Waals surface area contributed by atoms with Crippen molar-refractivity contribution in [3.63, 3.8) is 0 Å². The predicted molar refractivity (Wildman–Crippen MR) is 65.8 cm³/mol. The van der Waals surface area contributed by atoms with Crippen LogP contribution in [0.3, 0.4) is 0 Å². The lowest BCUT2D eigenvalue weighted by Crippen LogP contribution is -2.09. The fourth-order valence-electron chi connectivity index (χ4n) is 1.77. The number of carboxylic acid groups (broad SMARTS) is 1. The van der Waals surface area contributed by atoms with Crippen molar-refractivity contribution in [1.29, 1.82) is 0 Å². The maximum Gasteiger partial charge on any atom is 0.316 e. The number of hydrogen-bond donors (Lipinski definition) is 2. The van der Waals surface area contributed by atoms with Crippen molar-refractivity contribution in [3.05, 3.63) is 29.5 Å². The first-order valence-corrected chi connectivity index (χ1v) is 6.57. The lowest BCUT2D eigenvalue weighted by molar-refractivity contribution is -0.133. The summed E-state index contributed by atoms with van der Waals surface area (Å²) < 4.78 is 17.2. The molecule has 0 radical (unpaired) electrons. The summed E-state index contributed by atoms with van der Waals surface area (Å²) in [5, 5.41) is 18.7. The third-order valence-electron chi connectivity index (χ3n) is 2.51. The van der Waals surface area contributed by atoms with Gasteiger partial charge >= 0.3 is 5.97 Å². The van der Waals surface area contributed by atoms with Gasteiger partial charge in [0.25, 0.3) is 0 Å². The molecule has 0 aliphatic heterocycles. The summed E-state index contributed by atoms with van der Waals surface area (Å²) in [5.74, 6) is -0.911. The van der Waals surface area contributed by atoms with E-state index in [1.54, 1.807) is 25.1 Å². The number of furan rings is 1. The van der Waals surface area contributed by atoms with Crippen LogP contribution in [0.1, 0.15) is 11.3 Å². The van der Waals surface area contributed by atoms with Gasteiger partial charge in [-0.1, -0.05) is 0 Å². The third kappa shape index (κ3) is 2.44. The zero-order chi connectivity index (χ0) is 13.3. The normalized spacial score (nSPS) is 12.8. The number of benzene rings is 1. The van der Waals surface area contributed by atoms with E-state index in [2.05, 4.69) is 0 Å². The molecule has 0 spiro atoms. The molecule has 18 heavy (non-hydrogen) atoms. The van der Waals surface area contributed by atoms with Gasteiger partial charge in [0.15, 0.2) is 0 Å². The number of rotatable bonds is 4. The number of carboxylic acids is 1. The highest BCUT2D eigenvalue weighted by Crippen LogP contribution is 2.26. The van der Waals surface area contributed by atoms with E-state index < -0.39 is 22.5 Å². The fourth-order valence-corrected chi connectivity index (χ4v) is 2.67. The van der Waals surface area contributed by atoms with E-state index in [9.17, 15) is 14.1 Å². The number of aryl methyl sites for hydroxylation is 1. The second-order valence-corrected chi connectivity index (χ2v) is 5.34. The number of hydrogen-bond acceptors (Lipinski definition) is 4. The molecule has 1 unspecified atom stereocenters. The summed E-state index contributed by atoms with van der Waals surface area (Å²) >= 11 is 0. The molecular weight excluding hydrogens is 256 g/mol. The number of carbonyl (C=O) groups is 1. The van der Waals surface area contributed by atoms with Crippen LogP contribution in [0.15, 0.2) is 27.5 Å². The Morgan fingerprint density at radius 1 is 1.39 bits per heavy atom. The maximum atomic E-state index is 11.8. The first kappa shape index (κ1) is 12.8. The lowest BCUT2D eigenvalue weighted by Gasteiger charge is -2.03. The second kappa shape index (κ2) is 4.91. The average molecular weight is 268 g/mol. The number of aliphatic hydroxyl groups excluding tert-OH is 1. The van der Waals surface area contributed by atoms with Gasteiger partial charge in [-0.25, -0.2) is 0 Å². The van der Waals surface area contributed by atoms with Crippen molar-refractivity contribution in [2.75, 3.05) is 5.75 Å². The standard InChI is InChI=1S/C12H12O5S/c1-7-2-10-8(5-13)3-9(4-11(10)17-7)18(16)6-12(14)15/h2-4,13H,5-6H2,1H3,(H,14,15). The van der Waals surface area contributed by atoms with Crippen LogP contribution >= 0.6 is 0 Å². The van der Waals surface area contributed by atoms with Gasteiger partial charge in [0.1, 0.15) is 17.1 Å². The molecule has 2 rings (SSSR count). The van der Waals surface area contributed by atoms with Gasteiger partial charge in [0, 0.05) is 10.3 Å². The van der Waals surface area contributed by atoms with Gasteiger partial charge in [-0.15, -0.1) is 0 Å². The highest BCUT2D eigenvalue weighted by atomic mass is 32.2. The summed E-state index contributed by atoms with van der Waals surface area (Å²) in [6.45, 7) is 1.56. The lowest BCUT2D eigenvalue weighted by atomic mass is 10.1. The van der Waals surface area contributed by atoms with E-state index in [4.69, 9.17) is 9.52 Å². The Balaban J connectivity index is 2.52. The Morgan fingerprint density at radius 3 is 2.72 bits per heavy atom. The van der Waals surface area contributed by atoms with Crippen molar-refractivity contribution in [1.82, 2.24) is 0 Å². The van der Waals surface area contributed by atoms with Gasteiger partial charge < -0.3 is 14.6 Å². The molecule has 5 nitrogen and oxygen atoms in total. The zero-order valence-electron chi connectivity index (χ0n) is 9.67. The van der Waals surface area contributed by atoms with Gasteiger partial charge in [-0.3, -0.25) is 9.00 Å². The zero-order valence-corrected chi connectivity index (χ0v) is 10.5. The Bertz CT molecular complexity index is 629. The van der Waals surface area contributed by atoms with Crippen molar-refractivity contribution < 1.29 is 23.6 Å². The SMILES string of the molecule is Cc1cc2c(CO)cc(S(=O)CC(=O)O)cc2o1. The minimum absolute atomic E-state index is 0.215. The first-order chi connectivity index (χ1) is 8.51. The van der Waals surface area contributed by atoms with Crippen molar-refractivity contribution in [2.24, 2.45) is 0 Å². The van der Waals surface area contributed by atoms with Crippen LogP contribution in [0.4, 0.5) is 0 Å². The molecule has 1 heterocycles. The van der Waals surface area contributed by atoms with Crippen molar-refractivity contribution in [2.45, 2.75) is 18.4 Å². The molecule has 1 aromatic carbocycles. The summed E-state index contributed by atoms with van der Waals surface area (Å²) in [5.41, 5.74) is 1.09. The van der Waals surface area contributed by atoms with Crippen LogP contribution in [-0.2, 0) is 22.2 Å². The van der Waals surface area contributed by atoms with Crippen LogP contribution in [0.25, 0.3) is 11.0 Å². The monoisotopic (exact) mass is 268 g/mol. The highest BCUT2D eigenvalue weighted by Gasteiger charge is 2.14. The summed E-state index contributed by atoms with van der Waals surface area (Å²) in [6, 6.07) is 4.89. The smallest absolute Gasteiger partial charge is 0.316 e. The number of aliphatic hydroxyl groups is 1. The molecule has 0 bridgehead atoms. The molecule has 0 saturated heterocycles. The summed E-state index contributed by atoms with van der Waals surface area (Å²) in [4.78, 5) is 10.9. The van der Waals surface area contributed by atoms with Crippen molar-refractivity contribution >= 4 is 27.7 Å². The van der Waals surface area contributed by atoms with Gasteiger partial charge in [0.2, 0.25) is 0 Å². The van der Waals surface area contributed by atoms with Gasteiger partial charge in [-0.2, -0.15) is 0 Å². The van der Waals surface area contributed by atoms with Crippen molar-refractivity contribution in [3.8, 4) is 0 Å². The molecule has 1 aromatic heterocycles. The molecule has 1 atom stereocenters. The Kier molecular flexibility index (Phi) is 3.49. The first-order valence-electron chi connectivity index (χ1n) is 5.25. The van der Waals surface area contributed by atoms with E-state index in [0.717, 1.165) is 5.39 Å². The largest absolute Gasteiger partial charge is 0.481 e. The van der Waals surface area contributed by atoms with Crippen LogP contribution in [0.5, 0.6) is 0 Å². The molecule has 0 aliphatic rings.